The zero-order valence-corrected chi connectivity index (χ0v) is 28.4. The second kappa shape index (κ2) is 11.9. The molecule has 4 heterocycles. The fourth-order valence-electron chi connectivity index (χ4n) is 8.42. The van der Waals surface area contributed by atoms with E-state index in [4.69, 9.17) is 25.7 Å². The first kappa shape index (κ1) is 32.2. The summed E-state index contributed by atoms with van der Waals surface area (Å²) in [4.78, 5) is 38.0. The van der Waals surface area contributed by atoms with Crippen LogP contribution in [0.3, 0.4) is 0 Å². The van der Waals surface area contributed by atoms with Crippen molar-refractivity contribution >= 4 is 41.9 Å². The number of oxime groups is 1. The van der Waals surface area contributed by atoms with Crippen LogP contribution in [-0.4, -0.2) is 63.8 Å². The summed E-state index contributed by atoms with van der Waals surface area (Å²) in [6, 6.07) is 13.2. The van der Waals surface area contributed by atoms with Crippen LogP contribution >= 0.6 is 11.6 Å². The molecule has 3 saturated carbocycles. The van der Waals surface area contributed by atoms with Gasteiger partial charge < -0.3 is 24.8 Å². The Bertz CT molecular complexity index is 1710. The van der Waals surface area contributed by atoms with Gasteiger partial charge in [0.05, 0.1) is 41.7 Å². The number of carbonyl (C=O) groups is 2. The maximum atomic E-state index is 14.4. The van der Waals surface area contributed by atoms with Crippen molar-refractivity contribution in [2.45, 2.75) is 90.0 Å². The molecule has 1 unspecified atom stereocenters. The van der Waals surface area contributed by atoms with E-state index in [2.05, 4.69) is 55.4 Å². The van der Waals surface area contributed by atoms with Crippen molar-refractivity contribution in [3.05, 3.63) is 71.1 Å². The van der Waals surface area contributed by atoms with Gasteiger partial charge in [0.2, 0.25) is 5.60 Å². The number of benzene rings is 1. The monoisotopic (exact) mass is 659 g/mol. The summed E-state index contributed by atoms with van der Waals surface area (Å²) in [5, 5.41) is 11.0. The highest BCUT2D eigenvalue weighted by Crippen LogP contribution is 2.65. The normalized spacial score (nSPS) is 29.6. The molecule has 3 aromatic rings. The van der Waals surface area contributed by atoms with Crippen LogP contribution in [0.4, 0.5) is 0 Å². The lowest BCUT2D eigenvalue weighted by Crippen LogP contribution is -2.65. The van der Waals surface area contributed by atoms with Gasteiger partial charge in [-0.2, -0.15) is 0 Å². The van der Waals surface area contributed by atoms with Crippen LogP contribution in [0, 0.1) is 23.2 Å². The molecule has 6 atom stereocenters. The largest absolute Gasteiger partial charge is 0.481 e. The maximum Gasteiger partial charge on any atom is 0.481 e. The van der Waals surface area contributed by atoms with E-state index in [1.807, 2.05) is 30.3 Å². The molecule has 10 nitrogen and oxygen atoms in total. The van der Waals surface area contributed by atoms with E-state index in [1.165, 1.54) is 6.20 Å². The number of nitrogens with zero attached hydrogens (tertiary/aromatic N) is 3. The van der Waals surface area contributed by atoms with Crippen LogP contribution in [0.15, 0.2) is 60.0 Å². The molecule has 0 radical (unpaired) electrons. The number of aromatic nitrogens is 2. The number of halogens is 1. The van der Waals surface area contributed by atoms with Gasteiger partial charge in [-0.15, -0.1) is 0 Å². The van der Waals surface area contributed by atoms with Gasteiger partial charge in [-0.1, -0.05) is 74.8 Å². The molecule has 8 rings (SSSR count). The number of fused-ring (bicyclic) bond motifs is 1. The van der Waals surface area contributed by atoms with Crippen LogP contribution in [0.25, 0.3) is 5.65 Å². The summed E-state index contributed by atoms with van der Waals surface area (Å²) >= 11 is 6.20. The van der Waals surface area contributed by atoms with E-state index in [0.717, 1.165) is 18.4 Å². The summed E-state index contributed by atoms with van der Waals surface area (Å²) < 4.78 is 15.1. The molecule has 1 aromatic carbocycles. The van der Waals surface area contributed by atoms with Gasteiger partial charge in [0.1, 0.15) is 5.15 Å². The van der Waals surface area contributed by atoms with Gasteiger partial charge in [0.25, 0.3) is 11.8 Å². The molecule has 2 aromatic heterocycles. The molecular weight excluding hydrogens is 617 g/mol. The van der Waals surface area contributed by atoms with Crippen molar-refractivity contribution in [2.24, 2.45) is 28.3 Å². The first-order valence-corrected chi connectivity index (χ1v) is 17.1. The van der Waals surface area contributed by atoms with Gasteiger partial charge in [-0.25, -0.2) is 4.98 Å². The molecule has 248 valence electrons. The van der Waals surface area contributed by atoms with Gasteiger partial charge in [0.15, 0.2) is 5.65 Å². The average Bonchev–Trinajstić information content (AvgIpc) is 3.74. The number of hydrogen-bond donors (Lipinski definition) is 2. The quantitative estimate of drug-likeness (QED) is 0.287. The Labute approximate surface area is 281 Å². The molecule has 5 aliphatic rings. The highest BCUT2D eigenvalue weighted by molar-refractivity contribution is 6.48. The highest BCUT2D eigenvalue weighted by Gasteiger charge is 2.68. The lowest BCUT2D eigenvalue weighted by atomic mass is 9.43. The molecule has 2 N–H and O–H groups in total. The van der Waals surface area contributed by atoms with Crippen molar-refractivity contribution in [1.82, 2.24) is 20.0 Å². The van der Waals surface area contributed by atoms with Crippen molar-refractivity contribution in [1.29, 1.82) is 0 Å². The van der Waals surface area contributed by atoms with Crippen LogP contribution in [0.1, 0.15) is 76.2 Å². The number of imidazole rings is 1. The summed E-state index contributed by atoms with van der Waals surface area (Å²) in [5.74, 6) is 0.380. The highest BCUT2D eigenvalue weighted by atomic mass is 35.5. The fourth-order valence-corrected chi connectivity index (χ4v) is 8.60. The van der Waals surface area contributed by atoms with Crippen LogP contribution in [0.2, 0.25) is 5.15 Å². The van der Waals surface area contributed by atoms with Gasteiger partial charge in [-0.05, 0) is 67.1 Å². The minimum Gasteiger partial charge on any atom is -0.404 e. The maximum absolute atomic E-state index is 14.4. The topological polar surface area (TPSA) is 116 Å². The predicted octanol–water partition coefficient (Wildman–Crippen LogP) is 5.27. The second-order valence-corrected chi connectivity index (χ2v) is 15.4. The molecule has 3 aliphatic carbocycles. The first-order valence-electron chi connectivity index (χ1n) is 16.7. The number of nitrogens with one attached hydrogen (secondary N) is 2. The third-order valence-corrected chi connectivity index (χ3v) is 11.4. The van der Waals surface area contributed by atoms with Gasteiger partial charge in [0, 0.05) is 19.0 Å². The van der Waals surface area contributed by atoms with Gasteiger partial charge >= 0.3 is 7.12 Å². The van der Waals surface area contributed by atoms with Gasteiger partial charge in [-0.3, -0.25) is 14.0 Å². The Balaban J connectivity index is 1.08. The molecule has 2 aliphatic heterocycles. The third-order valence-electron chi connectivity index (χ3n) is 11.1. The molecule has 47 heavy (non-hydrogen) atoms. The number of carbonyl (C=O) groups excluding carboxylic acids is 2. The number of hydrogen-bond acceptors (Lipinski definition) is 7. The summed E-state index contributed by atoms with van der Waals surface area (Å²) in [5.41, 5.74) is 0.891. The number of amides is 2. The van der Waals surface area contributed by atoms with Crippen molar-refractivity contribution in [3.63, 3.8) is 0 Å². The fraction of sp³-hybridized carbons (Fsp3) is 0.543. The Hall–Kier alpha value is -3.41. The molecule has 0 spiro atoms. The summed E-state index contributed by atoms with van der Waals surface area (Å²) in [6.45, 7) is 11.3. The van der Waals surface area contributed by atoms with Crippen LogP contribution < -0.4 is 10.6 Å². The van der Waals surface area contributed by atoms with Crippen LogP contribution in [0.5, 0.6) is 0 Å². The predicted molar refractivity (Wildman–Crippen MR) is 180 cm³/mol. The van der Waals surface area contributed by atoms with Crippen molar-refractivity contribution in [3.8, 4) is 0 Å². The first-order chi connectivity index (χ1) is 22.4. The molecule has 1 saturated heterocycles. The Morgan fingerprint density at radius 2 is 1.91 bits per heavy atom. The van der Waals surface area contributed by atoms with Crippen molar-refractivity contribution < 1.29 is 23.7 Å². The molecule has 2 amide bonds. The lowest BCUT2D eigenvalue weighted by Gasteiger charge is -2.64. The lowest BCUT2D eigenvalue weighted by molar-refractivity contribution is -0.199. The third kappa shape index (κ3) is 5.64. The smallest absolute Gasteiger partial charge is 0.404 e. The van der Waals surface area contributed by atoms with E-state index >= 15 is 0 Å². The number of rotatable bonds is 10. The van der Waals surface area contributed by atoms with E-state index in [1.54, 1.807) is 22.7 Å². The zero-order valence-electron chi connectivity index (χ0n) is 27.7. The molecule has 2 bridgehead atoms. The van der Waals surface area contributed by atoms with E-state index < -0.39 is 12.7 Å². The summed E-state index contributed by atoms with van der Waals surface area (Å²) in [7, 11) is -0.555. The standard InChI is InChI=1S/C35H43BClN5O5/c1-21(2)14-28(36-45-27-16-23-15-26(33(23,3)4)34(27,5)46-36)40-32(44)35(17-22-10-7-6-8-11-22)18-24(41-47-35)19-39-31(43)25-12-9-13-42-29(37)20-38-30(25)42/h6-13,20-21,23,26-28H,14-19H2,1-5H3,(H,39,43)(H,40,44)/t23-,26-,27+,28-,34-,35?/m0/s1. The molecule has 12 heteroatoms. The average molecular weight is 660 g/mol. The summed E-state index contributed by atoms with van der Waals surface area (Å²) in [6.07, 6.45) is 6.62. The SMILES string of the molecule is CC(C)C[C@H](NC(=O)C1(Cc2ccccc2)CC(CNC(=O)c2cccn3c(Cl)cnc23)=NO1)B1O[C@@H]2C[C@@H]3C[C@@H](C3(C)C)[C@]2(C)O1. The molecule has 4 fully saturated rings. The van der Waals surface area contributed by atoms with Crippen LogP contribution in [-0.2, 0) is 25.4 Å². The Kier molecular flexibility index (Phi) is 8.16. The zero-order chi connectivity index (χ0) is 33.1. The van der Waals surface area contributed by atoms with E-state index in [-0.39, 0.29) is 47.8 Å². The van der Waals surface area contributed by atoms with E-state index in [0.29, 0.717) is 52.7 Å². The minimum absolute atomic E-state index is 0.0132. The Morgan fingerprint density at radius 3 is 2.66 bits per heavy atom. The van der Waals surface area contributed by atoms with E-state index in [9.17, 15) is 9.59 Å². The van der Waals surface area contributed by atoms with Crippen molar-refractivity contribution in [2.75, 3.05) is 6.54 Å². The Morgan fingerprint density at radius 1 is 1.13 bits per heavy atom. The number of pyridine rings is 1. The molecular formula is C35H43BClN5O5. The second-order valence-electron chi connectivity index (χ2n) is 15.0. The minimum atomic E-state index is -1.30.